The van der Waals surface area contributed by atoms with Crippen molar-refractivity contribution >= 4 is 34.7 Å². The maximum Gasteiger partial charge on any atom is 0.237 e. The number of carbonyl (C=O) groups excluding carboxylic acids is 1. The Kier molecular flexibility index (Phi) is 5.01. The first-order chi connectivity index (χ1) is 11.6. The highest BCUT2D eigenvalue weighted by Gasteiger charge is 2.20. The topological polar surface area (TPSA) is 59.8 Å². The van der Waals surface area contributed by atoms with E-state index in [1.165, 1.54) is 11.8 Å². The number of thiophene rings is 1. The van der Waals surface area contributed by atoms with Gasteiger partial charge < -0.3 is 9.88 Å². The van der Waals surface area contributed by atoms with Crippen LogP contribution in [0.2, 0.25) is 0 Å². The molecular weight excluding hydrogens is 340 g/mol. The molecule has 5 nitrogen and oxygen atoms in total. The number of carbonyl (C=O) groups is 1. The van der Waals surface area contributed by atoms with E-state index in [4.69, 9.17) is 0 Å². The molecule has 2 aromatic heterocycles. The molecule has 0 radical (unpaired) electrons. The first-order valence-corrected chi connectivity index (χ1v) is 9.28. The fourth-order valence-electron chi connectivity index (χ4n) is 2.20. The van der Waals surface area contributed by atoms with Crippen LogP contribution in [-0.2, 0) is 11.8 Å². The minimum absolute atomic E-state index is 0.0463. The van der Waals surface area contributed by atoms with Crippen LogP contribution in [0.1, 0.15) is 12.5 Å². The lowest BCUT2D eigenvalue weighted by atomic mass is 10.2. The molecule has 0 aliphatic heterocycles. The number of amides is 1. The van der Waals surface area contributed by atoms with Crippen molar-refractivity contribution in [2.24, 2.45) is 7.05 Å². The second-order valence-electron chi connectivity index (χ2n) is 5.41. The smallest absolute Gasteiger partial charge is 0.237 e. The molecule has 0 unspecified atom stereocenters. The number of rotatable bonds is 5. The summed E-state index contributed by atoms with van der Waals surface area (Å²) in [4.78, 5) is 13.5. The van der Waals surface area contributed by atoms with Crippen molar-refractivity contribution in [1.29, 1.82) is 0 Å². The van der Waals surface area contributed by atoms with Crippen LogP contribution in [0.5, 0.6) is 0 Å². The number of aromatic nitrogens is 3. The fourth-order valence-corrected chi connectivity index (χ4v) is 3.76. The van der Waals surface area contributed by atoms with E-state index in [1.54, 1.807) is 11.3 Å². The summed E-state index contributed by atoms with van der Waals surface area (Å²) in [6.07, 6.45) is 0. The third-order valence-corrected chi connectivity index (χ3v) is 5.63. The van der Waals surface area contributed by atoms with Gasteiger partial charge in [-0.05, 0) is 36.9 Å². The third-order valence-electron chi connectivity index (χ3n) is 3.63. The number of para-hydroxylation sites is 1. The van der Waals surface area contributed by atoms with Gasteiger partial charge >= 0.3 is 0 Å². The van der Waals surface area contributed by atoms with Gasteiger partial charge in [-0.1, -0.05) is 36.0 Å². The molecule has 2 heterocycles. The van der Waals surface area contributed by atoms with Gasteiger partial charge in [0.05, 0.1) is 10.1 Å². The molecule has 0 aliphatic carbocycles. The van der Waals surface area contributed by atoms with Crippen LogP contribution in [0.25, 0.3) is 10.7 Å². The monoisotopic (exact) mass is 358 g/mol. The zero-order chi connectivity index (χ0) is 17.1. The molecule has 0 aliphatic rings. The van der Waals surface area contributed by atoms with Gasteiger partial charge in [-0.2, -0.15) is 0 Å². The predicted molar refractivity (Wildman–Crippen MR) is 99.4 cm³/mol. The van der Waals surface area contributed by atoms with E-state index in [0.29, 0.717) is 0 Å². The molecular formula is C17H18N4OS2. The number of benzene rings is 1. The molecule has 1 aromatic carbocycles. The van der Waals surface area contributed by atoms with Crippen LogP contribution < -0.4 is 5.32 Å². The zero-order valence-corrected chi connectivity index (χ0v) is 15.3. The van der Waals surface area contributed by atoms with Gasteiger partial charge in [0.15, 0.2) is 11.0 Å². The van der Waals surface area contributed by atoms with Crippen LogP contribution in [0, 0.1) is 6.92 Å². The quantitative estimate of drug-likeness (QED) is 0.701. The summed E-state index contributed by atoms with van der Waals surface area (Å²) in [7, 11) is 1.92. The van der Waals surface area contributed by atoms with Crippen molar-refractivity contribution in [3.8, 4) is 10.7 Å². The molecule has 0 fully saturated rings. The molecule has 3 rings (SSSR count). The van der Waals surface area contributed by atoms with Crippen LogP contribution in [0.3, 0.4) is 0 Å². The summed E-state index contributed by atoms with van der Waals surface area (Å²) in [5.74, 6) is 0.772. The normalized spacial score (nSPS) is 12.1. The van der Waals surface area contributed by atoms with Gasteiger partial charge in [0.1, 0.15) is 0 Å². The molecule has 0 spiro atoms. The van der Waals surface area contributed by atoms with E-state index in [1.807, 2.05) is 67.2 Å². The largest absolute Gasteiger partial charge is 0.325 e. The average molecular weight is 358 g/mol. The number of nitrogens with zero attached hydrogens (tertiary/aromatic N) is 3. The number of anilines is 1. The summed E-state index contributed by atoms with van der Waals surface area (Å²) in [5, 5.41) is 13.9. The summed E-state index contributed by atoms with van der Waals surface area (Å²) in [6.45, 7) is 3.85. The molecule has 1 amide bonds. The summed E-state index contributed by atoms with van der Waals surface area (Å²) in [5.41, 5.74) is 1.88. The Morgan fingerprint density at radius 2 is 2.04 bits per heavy atom. The first kappa shape index (κ1) is 16.7. The average Bonchev–Trinajstić information content (AvgIpc) is 3.20. The lowest BCUT2D eigenvalue weighted by Gasteiger charge is -2.13. The van der Waals surface area contributed by atoms with Crippen molar-refractivity contribution in [2.45, 2.75) is 24.3 Å². The van der Waals surface area contributed by atoms with E-state index in [9.17, 15) is 4.79 Å². The molecule has 24 heavy (non-hydrogen) atoms. The maximum atomic E-state index is 12.4. The van der Waals surface area contributed by atoms with Gasteiger partial charge in [-0.15, -0.1) is 21.5 Å². The zero-order valence-electron chi connectivity index (χ0n) is 13.7. The fraction of sp³-hybridized carbons (Fsp3) is 0.235. The van der Waals surface area contributed by atoms with E-state index < -0.39 is 0 Å². The molecule has 3 aromatic rings. The van der Waals surface area contributed by atoms with Gasteiger partial charge in [0.25, 0.3) is 0 Å². The van der Waals surface area contributed by atoms with Crippen LogP contribution >= 0.6 is 23.1 Å². The molecule has 1 N–H and O–H groups in total. The molecule has 0 bridgehead atoms. The highest BCUT2D eigenvalue weighted by Crippen LogP contribution is 2.28. The van der Waals surface area contributed by atoms with Crippen molar-refractivity contribution in [3.63, 3.8) is 0 Å². The predicted octanol–water partition coefficient (Wildman–Crippen LogP) is 3.97. The molecule has 1 atom stereocenters. The van der Waals surface area contributed by atoms with E-state index in [0.717, 1.165) is 27.1 Å². The maximum absolute atomic E-state index is 12.4. The number of thioether (sulfide) groups is 1. The SMILES string of the molecule is Cc1ccccc1NC(=O)[C@H](C)Sc1nnc(-c2cccs2)n1C. The Morgan fingerprint density at radius 3 is 2.75 bits per heavy atom. The Morgan fingerprint density at radius 1 is 1.25 bits per heavy atom. The number of hydrogen-bond acceptors (Lipinski definition) is 5. The van der Waals surface area contributed by atoms with Crippen molar-refractivity contribution in [3.05, 3.63) is 47.3 Å². The van der Waals surface area contributed by atoms with Crippen LogP contribution in [-0.4, -0.2) is 25.9 Å². The highest BCUT2D eigenvalue weighted by atomic mass is 32.2. The van der Waals surface area contributed by atoms with Gasteiger partial charge in [0, 0.05) is 12.7 Å². The number of nitrogens with one attached hydrogen (secondary N) is 1. The number of aryl methyl sites for hydroxylation is 1. The summed E-state index contributed by atoms with van der Waals surface area (Å²) in [6, 6.07) is 11.7. The Labute approximate surface area is 149 Å². The Hall–Kier alpha value is -2.12. The second kappa shape index (κ2) is 7.19. The lowest BCUT2D eigenvalue weighted by Crippen LogP contribution is -2.23. The van der Waals surface area contributed by atoms with Gasteiger partial charge in [0.2, 0.25) is 5.91 Å². The van der Waals surface area contributed by atoms with Crippen LogP contribution in [0.4, 0.5) is 5.69 Å². The molecule has 0 saturated heterocycles. The van der Waals surface area contributed by atoms with E-state index in [-0.39, 0.29) is 11.2 Å². The third kappa shape index (κ3) is 3.52. The Balaban J connectivity index is 1.70. The molecule has 124 valence electrons. The lowest BCUT2D eigenvalue weighted by molar-refractivity contribution is -0.115. The number of hydrogen-bond donors (Lipinski definition) is 1. The van der Waals surface area contributed by atoms with Gasteiger partial charge in [-0.25, -0.2) is 0 Å². The van der Waals surface area contributed by atoms with Gasteiger partial charge in [-0.3, -0.25) is 4.79 Å². The highest BCUT2D eigenvalue weighted by molar-refractivity contribution is 8.00. The summed E-state index contributed by atoms with van der Waals surface area (Å²) < 4.78 is 1.92. The minimum atomic E-state index is -0.274. The van der Waals surface area contributed by atoms with E-state index in [2.05, 4.69) is 15.5 Å². The van der Waals surface area contributed by atoms with Crippen molar-refractivity contribution < 1.29 is 4.79 Å². The summed E-state index contributed by atoms with van der Waals surface area (Å²) >= 11 is 3.02. The minimum Gasteiger partial charge on any atom is -0.325 e. The van der Waals surface area contributed by atoms with Crippen molar-refractivity contribution in [1.82, 2.24) is 14.8 Å². The standard InChI is InChI=1S/C17H18N4OS2/c1-11-7-4-5-8-13(11)18-16(22)12(2)24-17-20-19-15(21(17)3)14-9-6-10-23-14/h4-10,12H,1-3H3,(H,18,22)/t12-/m0/s1. The first-order valence-electron chi connectivity index (χ1n) is 7.52. The second-order valence-corrected chi connectivity index (χ2v) is 7.66. The van der Waals surface area contributed by atoms with Crippen molar-refractivity contribution in [2.75, 3.05) is 5.32 Å². The molecule has 0 saturated carbocycles. The van der Waals surface area contributed by atoms with Crippen LogP contribution in [0.15, 0.2) is 46.9 Å². The Bertz CT molecular complexity index is 842. The molecule has 7 heteroatoms. The van der Waals surface area contributed by atoms with E-state index >= 15 is 0 Å².